The highest BCUT2D eigenvalue weighted by Gasteiger charge is 2.22. The SMILES string of the molecule is NC1CCCCCC1CN1CC=CC1. The van der Waals surface area contributed by atoms with Crippen LogP contribution < -0.4 is 5.73 Å². The summed E-state index contributed by atoms with van der Waals surface area (Å²) in [6.45, 7) is 3.50. The highest BCUT2D eigenvalue weighted by molar-refractivity contribution is 4.96. The summed E-state index contributed by atoms with van der Waals surface area (Å²) in [7, 11) is 0. The minimum Gasteiger partial charge on any atom is -0.327 e. The molecule has 2 N–H and O–H groups in total. The van der Waals surface area contributed by atoms with Gasteiger partial charge in [0, 0.05) is 25.7 Å². The first kappa shape index (κ1) is 10.2. The third kappa shape index (κ3) is 2.58. The van der Waals surface area contributed by atoms with Gasteiger partial charge >= 0.3 is 0 Å². The largest absolute Gasteiger partial charge is 0.327 e. The van der Waals surface area contributed by atoms with Crippen LogP contribution in [0.25, 0.3) is 0 Å². The van der Waals surface area contributed by atoms with Gasteiger partial charge in [0.1, 0.15) is 0 Å². The van der Waals surface area contributed by atoms with E-state index in [-0.39, 0.29) is 0 Å². The average molecular weight is 194 g/mol. The normalized spacial score (nSPS) is 34.6. The molecule has 0 amide bonds. The molecule has 0 bridgehead atoms. The van der Waals surface area contributed by atoms with Crippen molar-refractivity contribution in [1.82, 2.24) is 4.90 Å². The molecule has 0 radical (unpaired) electrons. The van der Waals surface area contributed by atoms with Gasteiger partial charge in [-0.25, -0.2) is 0 Å². The van der Waals surface area contributed by atoms with E-state index in [2.05, 4.69) is 17.1 Å². The predicted molar refractivity (Wildman–Crippen MR) is 60.1 cm³/mol. The average Bonchev–Trinajstić information content (AvgIpc) is 2.60. The van der Waals surface area contributed by atoms with Gasteiger partial charge in [0.05, 0.1) is 0 Å². The third-order valence-corrected chi connectivity index (χ3v) is 3.60. The monoisotopic (exact) mass is 194 g/mol. The molecular formula is C12H22N2. The summed E-state index contributed by atoms with van der Waals surface area (Å²) in [5.74, 6) is 0.748. The first-order valence-electron chi connectivity index (χ1n) is 5.99. The number of hydrogen-bond donors (Lipinski definition) is 1. The second kappa shape index (κ2) is 4.94. The molecule has 1 fully saturated rings. The number of rotatable bonds is 2. The van der Waals surface area contributed by atoms with Gasteiger partial charge in [-0.2, -0.15) is 0 Å². The molecule has 2 nitrogen and oxygen atoms in total. The van der Waals surface area contributed by atoms with Crippen molar-refractivity contribution in [3.63, 3.8) is 0 Å². The minimum atomic E-state index is 0.457. The number of nitrogens with zero attached hydrogens (tertiary/aromatic N) is 1. The van der Waals surface area contributed by atoms with Crippen molar-refractivity contribution < 1.29 is 0 Å². The van der Waals surface area contributed by atoms with Crippen LogP contribution in [0.5, 0.6) is 0 Å². The van der Waals surface area contributed by atoms with E-state index in [9.17, 15) is 0 Å². The fourth-order valence-corrected chi connectivity index (χ4v) is 2.64. The summed E-state index contributed by atoms with van der Waals surface area (Å²) >= 11 is 0. The topological polar surface area (TPSA) is 29.3 Å². The zero-order valence-electron chi connectivity index (χ0n) is 8.99. The van der Waals surface area contributed by atoms with Gasteiger partial charge in [0.15, 0.2) is 0 Å². The maximum absolute atomic E-state index is 6.21. The Hall–Kier alpha value is -0.340. The van der Waals surface area contributed by atoms with Gasteiger partial charge in [0.25, 0.3) is 0 Å². The predicted octanol–water partition coefficient (Wildman–Crippen LogP) is 1.77. The van der Waals surface area contributed by atoms with Crippen LogP contribution in [0.4, 0.5) is 0 Å². The van der Waals surface area contributed by atoms with E-state index >= 15 is 0 Å². The van der Waals surface area contributed by atoms with Crippen LogP contribution >= 0.6 is 0 Å². The zero-order valence-corrected chi connectivity index (χ0v) is 8.99. The van der Waals surface area contributed by atoms with Crippen molar-refractivity contribution in [3.05, 3.63) is 12.2 Å². The van der Waals surface area contributed by atoms with E-state index in [0.717, 1.165) is 19.0 Å². The van der Waals surface area contributed by atoms with Crippen molar-refractivity contribution in [1.29, 1.82) is 0 Å². The second-order valence-electron chi connectivity index (χ2n) is 4.75. The molecule has 1 heterocycles. The van der Waals surface area contributed by atoms with E-state index in [4.69, 9.17) is 5.73 Å². The smallest absolute Gasteiger partial charge is 0.0167 e. The molecule has 80 valence electrons. The summed E-state index contributed by atoms with van der Waals surface area (Å²) in [5.41, 5.74) is 6.21. The summed E-state index contributed by atoms with van der Waals surface area (Å²) in [4.78, 5) is 2.51. The van der Waals surface area contributed by atoms with E-state index in [1.54, 1.807) is 0 Å². The molecule has 2 heteroatoms. The van der Waals surface area contributed by atoms with Crippen molar-refractivity contribution in [2.24, 2.45) is 11.7 Å². The lowest BCUT2D eigenvalue weighted by Crippen LogP contribution is -2.37. The molecular weight excluding hydrogens is 172 g/mol. The molecule has 1 aliphatic heterocycles. The maximum Gasteiger partial charge on any atom is 0.0167 e. The van der Waals surface area contributed by atoms with Gasteiger partial charge < -0.3 is 5.73 Å². The molecule has 1 aliphatic carbocycles. The molecule has 2 atom stereocenters. The molecule has 0 spiro atoms. The van der Waals surface area contributed by atoms with E-state index < -0.39 is 0 Å². The molecule has 0 aromatic carbocycles. The van der Waals surface area contributed by atoms with E-state index in [1.165, 1.54) is 38.6 Å². The van der Waals surface area contributed by atoms with Crippen LogP contribution in [-0.2, 0) is 0 Å². The molecule has 2 rings (SSSR count). The van der Waals surface area contributed by atoms with Gasteiger partial charge in [-0.15, -0.1) is 0 Å². The highest BCUT2D eigenvalue weighted by atomic mass is 15.1. The van der Waals surface area contributed by atoms with Gasteiger partial charge in [-0.05, 0) is 18.8 Å². The van der Waals surface area contributed by atoms with Crippen LogP contribution in [0.2, 0.25) is 0 Å². The van der Waals surface area contributed by atoms with Gasteiger partial charge in [0.2, 0.25) is 0 Å². The quantitative estimate of drug-likeness (QED) is 0.536. The van der Waals surface area contributed by atoms with Crippen molar-refractivity contribution in [2.75, 3.05) is 19.6 Å². The fourth-order valence-electron chi connectivity index (χ4n) is 2.64. The summed E-state index contributed by atoms with van der Waals surface area (Å²) in [6, 6.07) is 0.457. The van der Waals surface area contributed by atoms with Crippen molar-refractivity contribution >= 4 is 0 Å². The Kier molecular flexibility index (Phi) is 3.60. The Balaban J connectivity index is 1.81. The third-order valence-electron chi connectivity index (χ3n) is 3.60. The van der Waals surface area contributed by atoms with Crippen molar-refractivity contribution in [2.45, 2.75) is 38.1 Å². The first-order valence-corrected chi connectivity index (χ1v) is 5.99. The van der Waals surface area contributed by atoms with Crippen LogP contribution in [0, 0.1) is 5.92 Å². The fraction of sp³-hybridized carbons (Fsp3) is 0.833. The van der Waals surface area contributed by atoms with Gasteiger partial charge in [-0.3, -0.25) is 4.90 Å². The standard InChI is InChI=1S/C12H22N2/c13-12-7-3-1-2-6-11(12)10-14-8-4-5-9-14/h4-5,11-12H,1-3,6-10,13H2. The molecule has 0 saturated heterocycles. The molecule has 0 aromatic rings. The Morgan fingerprint density at radius 2 is 1.79 bits per heavy atom. The van der Waals surface area contributed by atoms with Crippen LogP contribution in [0.15, 0.2) is 12.2 Å². The molecule has 2 unspecified atom stereocenters. The molecule has 2 aliphatic rings. The molecule has 1 saturated carbocycles. The second-order valence-corrected chi connectivity index (χ2v) is 4.75. The molecule has 0 aromatic heterocycles. The molecule has 14 heavy (non-hydrogen) atoms. The first-order chi connectivity index (χ1) is 6.86. The van der Waals surface area contributed by atoms with Crippen LogP contribution in [-0.4, -0.2) is 30.6 Å². The number of hydrogen-bond acceptors (Lipinski definition) is 2. The van der Waals surface area contributed by atoms with Crippen LogP contribution in [0.3, 0.4) is 0 Å². The Bertz CT molecular complexity index is 192. The Labute approximate surface area is 87.2 Å². The zero-order chi connectivity index (χ0) is 9.80. The lowest BCUT2D eigenvalue weighted by Gasteiger charge is -2.26. The Morgan fingerprint density at radius 1 is 1.07 bits per heavy atom. The van der Waals surface area contributed by atoms with E-state index in [0.29, 0.717) is 6.04 Å². The Morgan fingerprint density at radius 3 is 2.57 bits per heavy atom. The highest BCUT2D eigenvalue weighted by Crippen LogP contribution is 2.23. The summed E-state index contributed by atoms with van der Waals surface area (Å²) in [6.07, 6.45) is 11.2. The van der Waals surface area contributed by atoms with Crippen LogP contribution in [0.1, 0.15) is 32.1 Å². The summed E-state index contributed by atoms with van der Waals surface area (Å²) in [5, 5.41) is 0. The van der Waals surface area contributed by atoms with E-state index in [1.807, 2.05) is 0 Å². The minimum absolute atomic E-state index is 0.457. The maximum atomic E-state index is 6.21. The summed E-state index contributed by atoms with van der Waals surface area (Å²) < 4.78 is 0. The number of nitrogens with two attached hydrogens (primary N) is 1. The lowest BCUT2D eigenvalue weighted by molar-refractivity contribution is 0.251. The van der Waals surface area contributed by atoms with Gasteiger partial charge in [-0.1, -0.05) is 31.4 Å². The lowest BCUT2D eigenvalue weighted by atomic mass is 9.95. The van der Waals surface area contributed by atoms with Crippen molar-refractivity contribution in [3.8, 4) is 0 Å².